The molecule has 0 aliphatic rings. The molecule has 0 amide bonds. The van der Waals surface area contributed by atoms with Crippen molar-refractivity contribution in [2.45, 2.75) is 0 Å². The van der Waals surface area contributed by atoms with Gasteiger partial charge < -0.3 is 8.83 Å². The SMILES string of the molecule is c1ccc(-c2nc3cc(-c4ccc(-c5ccc(-c6ccc7oc8c(ccc9c%10ccccc%10oc98)c7c6)cc5)cc4)ccc3n2-c2ccccc2)cc1. The van der Waals surface area contributed by atoms with Gasteiger partial charge in [-0.05, 0) is 88.0 Å². The van der Waals surface area contributed by atoms with Crippen molar-refractivity contribution in [3.05, 3.63) is 182 Å². The van der Waals surface area contributed by atoms with Crippen molar-refractivity contribution in [2.75, 3.05) is 0 Å². The molecule has 248 valence electrons. The summed E-state index contributed by atoms with van der Waals surface area (Å²) in [6, 6.07) is 63.9. The number of imidazole rings is 1. The van der Waals surface area contributed by atoms with Crippen molar-refractivity contribution >= 4 is 54.9 Å². The van der Waals surface area contributed by atoms with E-state index in [-0.39, 0.29) is 0 Å². The first-order valence-electron chi connectivity index (χ1n) is 17.9. The molecule has 0 aliphatic carbocycles. The molecular formula is C49H30N2O2. The minimum Gasteiger partial charge on any atom is -0.452 e. The van der Waals surface area contributed by atoms with Gasteiger partial charge in [0.1, 0.15) is 17.0 Å². The first-order chi connectivity index (χ1) is 26.2. The largest absolute Gasteiger partial charge is 0.452 e. The number of rotatable bonds is 5. The van der Waals surface area contributed by atoms with Gasteiger partial charge in [-0.15, -0.1) is 0 Å². The molecule has 4 heteroatoms. The Labute approximate surface area is 304 Å². The topological polar surface area (TPSA) is 44.1 Å². The summed E-state index contributed by atoms with van der Waals surface area (Å²) in [6.45, 7) is 0. The van der Waals surface area contributed by atoms with Crippen LogP contribution in [0.4, 0.5) is 0 Å². The third-order valence-corrected chi connectivity index (χ3v) is 10.5. The van der Waals surface area contributed by atoms with Crippen LogP contribution in [-0.4, -0.2) is 9.55 Å². The van der Waals surface area contributed by atoms with E-state index in [0.29, 0.717) is 0 Å². The molecule has 0 N–H and O–H groups in total. The van der Waals surface area contributed by atoms with Crippen molar-refractivity contribution in [1.29, 1.82) is 0 Å². The fourth-order valence-corrected chi connectivity index (χ4v) is 7.79. The molecule has 0 aliphatic heterocycles. The molecule has 0 spiro atoms. The number of hydrogen-bond acceptors (Lipinski definition) is 3. The van der Waals surface area contributed by atoms with Gasteiger partial charge in [0, 0.05) is 32.8 Å². The minimum absolute atomic E-state index is 0.795. The molecule has 0 bridgehead atoms. The Bertz CT molecular complexity index is 3130. The van der Waals surface area contributed by atoms with Crippen molar-refractivity contribution in [2.24, 2.45) is 0 Å². The lowest BCUT2D eigenvalue weighted by atomic mass is 9.97. The highest BCUT2D eigenvalue weighted by molar-refractivity contribution is 6.19. The van der Waals surface area contributed by atoms with Crippen LogP contribution in [0, 0.1) is 0 Å². The lowest BCUT2D eigenvalue weighted by molar-refractivity contribution is 0.633. The predicted octanol–water partition coefficient (Wildman–Crippen LogP) is 13.5. The molecule has 3 aromatic heterocycles. The number of nitrogens with zero attached hydrogens (tertiary/aromatic N) is 2. The standard InChI is InChI=1S/C49H30N2O2/c1-3-9-35(10-4-1)49-50-43-30-37(23-27-44(43)51(49)38-11-5-2-6-12-38)34-21-17-32(18-22-34)31-15-19-33(20-16-31)36-24-28-46-42(29-36)41-26-25-40-39-13-7-8-14-45(39)52-47(40)48(41)53-46/h1-30H. The Kier molecular flexibility index (Phi) is 6.52. The first kappa shape index (κ1) is 29.5. The second kappa shape index (κ2) is 11.7. The average Bonchev–Trinajstić information content (AvgIpc) is 3.93. The van der Waals surface area contributed by atoms with Crippen LogP contribution in [0.5, 0.6) is 0 Å². The van der Waals surface area contributed by atoms with E-state index in [0.717, 1.165) is 94.2 Å². The molecule has 0 radical (unpaired) electrons. The summed E-state index contributed by atoms with van der Waals surface area (Å²) in [4.78, 5) is 5.15. The molecule has 0 fully saturated rings. The number of aromatic nitrogens is 2. The van der Waals surface area contributed by atoms with E-state index in [2.05, 4.69) is 156 Å². The van der Waals surface area contributed by atoms with Gasteiger partial charge in [-0.1, -0.05) is 127 Å². The Hall–Kier alpha value is -7.17. The van der Waals surface area contributed by atoms with Crippen molar-refractivity contribution in [3.8, 4) is 50.5 Å². The lowest BCUT2D eigenvalue weighted by Gasteiger charge is -2.10. The predicted molar refractivity (Wildman–Crippen MR) is 217 cm³/mol. The third kappa shape index (κ3) is 4.80. The molecule has 3 heterocycles. The fourth-order valence-electron chi connectivity index (χ4n) is 7.79. The number of hydrogen-bond donors (Lipinski definition) is 0. The lowest BCUT2D eigenvalue weighted by Crippen LogP contribution is -1.97. The van der Waals surface area contributed by atoms with Crippen LogP contribution in [0.25, 0.3) is 105 Å². The highest BCUT2D eigenvalue weighted by atomic mass is 16.4. The molecule has 11 aromatic rings. The van der Waals surface area contributed by atoms with Gasteiger partial charge in [-0.2, -0.15) is 0 Å². The van der Waals surface area contributed by atoms with Gasteiger partial charge in [-0.3, -0.25) is 4.57 Å². The van der Waals surface area contributed by atoms with Crippen LogP contribution in [0.15, 0.2) is 191 Å². The third-order valence-electron chi connectivity index (χ3n) is 10.5. The highest BCUT2D eigenvalue weighted by Crippen LogP contribution is 2.40. The van der Waals surface area contributed by atoms with Gasteiger partial charge in [0.05, 0.1) is 11.0 Å². The van der Waals surface area contributed by atoms with Crippen molar-refractivity contribution in [3.63, 3.8) is 0 Å². The van der Waals surface area contributed by atoms with Gasteiger partial charge in [0.15, 0.2) is 11.2 Å². The molecule has 0 saturated carbocycles. The molecule has 53 heavy (non-hydrogen) atoms. The van der Waals surface area contributed by atoms with E-state index in [9.17, 15) is 0 Å². The Balaban J connectivity index is 0.894. The summed E-state index contributed by atoms with van der Waals surface area (Å²) in [7, 11) is 0. The van der Waals surface area contributed by atoms with Crippen LogP contribution in [0.1, 0.15) is 0 Å². The van der Waals surface area contributed by atoms with Gasteiger partial charge in [-0.25, -0.2) is 4.98 Å². The summed E-state index contributed by atoms with van der Waals surface area (Å²) in [6.07, 6.45) is 0. The van der Waals surface area contributed by atoms with E-state index >= 15 is 0 Å². The van der Waals surface area contributed by atoms with Crippen LogP contribution < -0.4 is 0 Å². The molecule has 4 nitrogen and oxygen atoms in total. The number of fused-ring (bicyclic) bond motifs is 8. The normalized spacial score (nSPS) is 11.8. The van der Waals surface area contributed by atoms with Gasteiger partial charge in [0.2, 0.25) is 0 Å². The summed E-state index contributed by atoms with van der Waals surface area (Å²) in [5, 5.41) is 4.32. The zero-order valence-electron chi connectivity index (χ0n) is 28.5. The summed E-state index contributed by atoms with van der Waals surface area (Å²) in [5.74, 6) is 0.935. The molecule has 11 rings (SSSR count). The molecule has 8 aromatic carbocycles. The molecular weight excluding hydrogens is 649 g/mol. The van der Waals surface area contributed by atoms with Crippen LogP contribution >= 0.6 is 0 Å². The zero-order chi connectivity index (χ0) is 34.9. The fraction of sp³-hybridized carbons (Fsp3) is 0. The minimum atomic E-state index is 0.795. The molecule has 0 atom stereocenters. The van der Waals surface area contributed by atoms with Gasteiger partial charge in [0.25, 0.3) is 0 Å². The zero-order valence-corrected chi connectivity index (χ0v) is 28.5. The first-order valence-corrected chi connectivity index (χ1v) is 17.9. The molecule has 0 unspecified atom stereocenters. The summed E-state index contributed by atoms with van der Waals surface area (Å²) >= 11 is 0. The van der Waals surface area contributed by atoms with E-state index in [1.807, 2.05) is 30.3 Å². The monoisotopic (exact) mass is 678 g/mol. The maximum absolute atomic E-state index is 6.37. The number of benzene rings is 8. The Morgan fingerprint density at radius 1 is 0.358 bits per heavy atom. The number of para-hydroxylation sites is 2. The van der Waals surface area contributed by atoms with Crippen molar-refractivity contribution < 1.29 is 8.83 Å². The van der Waals surface area contributed by atoms with Crippen LogP contribution in [0.2, 0.25) is 0 Å². The Morgan fingerprint density at radius 3 is 1.55 bits per heavy atom. The average molecular weight is 679 g/mol. The van der Waals surface area contributed by atoms with E-state index < -0.39 is 0 Å². The highest BCUT2D eigenvalue weighted by Gasteiger charge is 2.17. The quantitative estimate of drug-likeness (QED) is 0.182. The summed E-state index contributed by atoms with van der Waals surface area (Å²) < 4.78 is 14.9. The van der Waals surface area contributed by atoms with E-state index in [1.165, 1.54) is 11.1 Å². The summed E-state index contributed by atoms with van der Waals surface area (Å²) in [5.41, 5.74) is 14.5. The Morgan fingerprint density at radius 2 is 0.868 bits per heavy atom. The molecule has 0 saturated heterocycles. The van der Waals surface area contributed by atoms with E-state index in [1.54, 1.807) is 0 Å². The maximum atomic E-state index is 6.37. The second-order valence-corrected chi connectivity index (χ2v) is 13.6. The maximum Gasteiger partial charge on any atom is 0.178 e. The van der Waals surface area contributed by atoms with Gasteiger partial charge >= 0.3 is 0 Å². The second-order valence-electron chi connectivity index (χ2n) is 13.6. The number of furan rings is 2. The van der Waals surface area contributed by atoms with E-state index in [4.69, 9.17) is 13.8 Å². The van der Waals surface area contributed by atoms with Crippen LogP contribution in [0.3, 0.4) is 0 Å². The van der Waals surface area contributed by atoms with Crippen molar-refractivity contribution in [1.82, 2.24) is 9.55 Å². The van der Waals surface area contributed by atoms with Crippen LogP contribution in [-0.2, 0) is 0 Å². The smallest absolute Gasteiger partial charge is 0.178 e.